The van der Waals surface area contributed by atoms with Crippen molar-refractivity contribution in [1.82, 2.24) is 0 Å². The van der Waals surface area contributed by atoms with Crippen molar-refractivity contribution >= 4 is 35.4 Å². The first kappa shape index (κ1) is 33.3. The maximum atomic E-state index is 15.0. The van der Waals surface area contributed by atoms with Gasteiger partial charge in [-0.3, -0.25) is 14.4 Å². The molecule has 3 fully saturated rings. The van der Waals surface area contributed by atoms with E-state index in [0.717, 1.165) is 30.9 Å². The number of carbonyl (C=O) groups is 4. The van der Waals surface area contributed by atoms with Crippen molar-refractivity contribution in [2.24, 2.45) is 17.8 Å². The summed E-state index contributed by atoms with van der Waals surface area (Å²) in [4.78, 5) is 53.7. The zero-order valence-corrected chi connectivity index (χ0v) is 28.0. The molecule has 2 bridgehead atoms. The molecule has 0 N–H and O–H groups in total. The molecule has 5 unspecified atom stereocenters. The fourth-order valence-corrected chi connectivity index (χ4v) is 10.2. The molecular formula is C38H41O7P. The molecule has 6 rings (SSSR count). The topological polar surface area (TPSA) is 104 Å². The van der Waals surface area contributed by atoms with Crippen LogP contribution in [-0.4, -0.2) is 29.1 Å². The van der Waals surface area contributed by atoms with Crippen molar-refractivity contribution < 1.29 is 33.2 Å². The molecular weight excluding hydrogens is 599 g/mol. The summed E-state index contributed by atoms with van der Waals surface area (Å²) in [6.07, 6.45) is 4.09. The van der Waals surface area contributed by atoms with Gasteiger partial charge in [-0.15, -0.1) is 0 Å². The first-order valence-electron chi connectivity index (χ1n) is 15.8. The smallest absolute Gasteiger partial charge is 0.330 e. The van der Waals surface area contributed by atoms with Crippen LogP contribution in [0.2, 0.25) is 0 Å². The number of hydrogen-bond donors (Lipinski definition) is 0. The fraction of sp³-hybridized carbons (Fsp3) is 0.368. The Morgan fingerprint density at radius 3 is 1.93 bits per heavy atom. The minimum atomic E-state index is -4.32. The maximum Gasteiger partial charge on any atom is 0.330 e. The SMILES string of the molecule is C=CC(=O)OC1CC2CCC1C(C(=O)OCc1cc(C)c(C(=O)P(=O)(C(=O)c3c(C)cc(C)cc3C)c3ccccc3)c(C)c1)C2. The van der Waals surface area contributed by atoms with Crippen molar-refractivity contribution in [3.8, 4) is 0 Å². The summed E-state index contributed by atoms with van der Waals surface area (Å²) in [5.74, 6) is -0.944. The molecule has 3 aliphatic rings. The highest BCUT2D eigenvalue weighted by molar-refractivity contribution is 8.01. The maximum absolute atomic E-state index is 15.0. The van der Waals surface area contributed by atoms with Gasteiger partial charge in [0.1, 0.15) is 12.7 Å². The molecule has 0 saturated heterocycles. The molecule has 3 aliphatic carbocycles. The van der Waals surface area contributed by atoms with E-state index < -0.39 is 24.2 Å². The molecule has 0 aromatic heterocycles. The van der Waals surface area contributed by atoms with Crippen LogP contribution in [0.15, 0.2) is 67.3 Å². The van der Waals surface area contributed by atoms with Crippen LogP contribution in [0.5, 0.6) is 0 Å². The lowest BCUT2D eigenvalue weighted by atomic mass is 9.63. The third kappa shape index (κ3) is 6.30. The Balaban J connectivity index is 1.40. The Kier molecular flexibility index (Phi) is 9.65. The van der Waals surface area contributed by atoms with Crippen molar-refractivity contribution in [3.63, 3.8) is 0 Å². The number of hydrogen-bond acceptors (Lipinski definition) is 7. The monoisotopic (exact) mass is 640 g/mol. The van der Waals surface area contributed by atoms with Gasteiger partial charge in [0.15, 0.2) is 0 Å². The van der Waals surface area contributed by atoms with Gasteiger partial charge in [0.05, 0.1) is 5.92 Å². The van der Waals surface area contributed by atoms with Crippen molar-refractivity contribution in [2.45, 2.75) is 73.0 Å². The summed E-state index contributed by atoms with van der Waals surface area (Å²) >= 11 is 0. The highest BCUT2D eigenvalue weighted by Crippen LogP contribution is 2.53. The van der Waals surface area contributed by atoms with Crippen LogP contribution in [0.1, 0.15) is 79.8 Å². The number of fused-ring (bicyclic) bond motifs is 3. The molecule has 0 radical (unpaired) electrons. The molecule has 3 aromatic carbocycles. The van der Waals surface area contributed by atoms with E-state index in [-0.39, 0.29) is 41.4 Å². The standard InChI is InChI=1S/C38H41O7P/c1-7-33(39)45-32-20-27-13-14-30(32)31(19-27)36(40)44-21-28-17-25(5)35(26(6)18-28)38(42)46(43,29-11-9-8-10-12-29)37(41)34-23(3)15-22(2)16-24(34)4/h7-12,15-18,27,30-32H,1,13-14,19-21H2,2-6H3. The molecule has 0 aliphatic heterocycles. The zero-order valence-electron chi connectivity index (χ0n) is 27.1. The van der Waals surface area contributed by atoms with Gasteiger partial charge in [0.2, 0.25) is 18.2 Å². The highest BCUT2D eigenvalue weighted by Gasteiger charge is 2.48. The number of aryl methyl sites for hydroxylation is 5. The van der Waals surface area contributed by atoms with Crippen LogP contribution in [0, 0.1) is 52.4 Å². The zero-order chi connectivity index (χ0) is 33.3. The van der Waals surface area contributed by atoms with Gasteiger partial charge in [-0.2, -0.15) is 0 Å². The fourth-order valence-electron chi connectivity index (χ4n) is 7.58. The van der Waals surface area contributed by atoms with E-state index in [2.05, 4.69) is 6.58 Å². The molecule has 0 amide bonds. The molecule has 46 heavy (non-hydrogen) atoms. The van der Waals surface area contributed by atoms with Crippen LogP contribution in [0.3, 0.4) is 0 Å². The second-order valence-electron chi connectivity index (χ2n) is 12.9. The van der Waals surface area contributed by atoms with Gasteiger partial charge in [0.25, 0.3) is 0 Å². The Bertz CT molecular complexity index is 1730. The van der Waals surface area contributed by atoms with E-state index in [4.69, 9.17) is 9.47 Å². The first-order valence-corrected chi connectivity index (χ1v) is 17.5. The van der Waals surface area contributed by atoms with Crippen molar-refractivity contribution in [3.05, 3.63) is 112 Å². The van der Waals surface area contributed by atoms with Gasteiger partial charge in [-0.05, 0) is 94.0 Å². The normalized spacial score (nSPS) is 21.6. The Morgan fingerprint density at radius 1 is 0.826 bits per heavy atom. The number of carbonyl (C=O) groups excluding carboxylic acids is 4. The van der Waals surface area contributed by atoms with Gasteiger partial charge in [0, 0.05) is 28.4 Å². The summed E-state index contributed by atoms with van der Waals surface area (Å²) in [5, 5.41) is 0.194. The van der Waals surface area contributed by atoms with E-state index in [1.807, 2.05) is 19.1 Å². The van der Waals surface area contributed by atoms with E-state index in [1.165, 1.54) is 0 Å². The van der Waals surface area contributed by atoms with Crippen molar-refractivity contribution in [1.29, 1.82) is 0 Å². The molecule has 3 aromatic rings. The Morgan fingerprint density at radius 2 is 1.39 bits per heavy atom. The van der Waals surface area contributed by atoms with E-state index in [1.54, 1.807) is 70.2 Å². The predicted octanol–water partition coefficient (Wildman–Crippen LogP) is 7.48. The second kappa shape index (κ2) is 13.3. The number of rotatable bonds is 10. The molecule has 3 saturated carbocycles. The molecule has 7 nitrogen and oxygen atoms in total. The average Bonchev–Trinajstić information content (AvgIpc) is 3.02. The van der Waals surface area contributed by atoms with Crippen LogP contribution in [0.25, 0.3) is 0 Å². The lowest BCUT2D eigenvalue weighted by Crippen LogP contribution is -2.46. The third-order valence-corrected chi connectivity index (χ3v) is 12.2. The predicted molar refractivity (Wildman–Crippen MR) is 178 cm³/mol. The van der Waals surface area contributed by atoms with Gasteiger partial charge in [-0.1, -0.05) is 66.7 Å². The number of ether oxygens (including phenoxy) is 2. The molecule has 8 heteroatoms. The van der Waals surface area contributed by atoms with Crippen LogP contribution in [0.4, 0.5) is 0 Å². The average molecular weight is 641 g/mol. The Labute approximate surface area is 270 Å². The second-order valence-corrected chi connectivity index (χ2v) is 15.5. The largest absolute Gasteiger partial charge is 0.461 e. The third-order valence-electron chi connectivity index (χ3n) is 9.56. The minimum absolute atomic E-state index is 0.00296. The summed E-state index contributed by atoms with van der Waals surface area (Å²) in [6.45, 7) is 12.5. The van der Waals surface area contributed by atoms with E-state index in [9.17, 15) is 23.7 Å². The lowest BCUT2D eigenvalue weighted by molar-refractivity contribution is -0.169. The molecule has 0 heterocycles. The lowest BCUT2D eigenvalue weighted by Gasteiger charge is -2.45. The quantitative estimate of drug-likeness (QED) is 0.129. The van der Waals surface area contributed by atoms with E-state index >= 15 is 0 Å². The van der Waals surface area contributed by atoms with E-state index in [0.29, 0.717) is 45.7 Å². The summed E-state index contributed by atoms with van der Waals surface area (Å²) in [5.41, 5.74) is 3.26. The van der Waals surface area contributed by atoms with Crippen molar-refractivity contribution in [2.75, 3.05) is 0 Å². The Hall–Kier alpha value is -4.09. The number of esters is 2. The van der Waals surface area contributed by atoms with Gasteiger partial charge in [-0.25, -0.2) is 4.79 Å². The summed E-state index contributed by atoms with van der Waals surface area (Å²) < 4.78 is 26.3. The number of benzene rings is 3. The first-order chi connectivity index (χ1) is 21.8. The summed E-state index contributed by atoms with van der Waals surface area (Å²) in [7, 11) is -4.32. The van der Waals surface area contributed by atoms with Crippen LogP contribution < -0.4 is 5.30 Å². The molecule has 0 spiro atoms. The van der Waals surface area contributed by atoms with Crippen LogP contribution in [-0.2, 0) is 30.2 Å². The van der Waals surface area contributed by atoms with Crippen LogP contribution >= 0.6 is 7.14 Å². The van der Waals surface area contributed by atoms with Gasteiger partial charge >= 0.3 is 11.9 Å². The molecule has 5 atom stereocenters. The summed E-state index contributed by atoms with van der Waals surface area (Å²) in [6, 6.07) is 15.5. The minimum Gasteiger partial charge on any atom is -0.461 e. The molecule has 240 valence electrons. The highest BCUT2D eigenvalue weighted by atomic mass is 31.2. The van der Waals surface area contributed by atoms with Gasteiger partial charge < -0.3 is 14.0 Å².